The van der Waals surface area contributed by atoms with Gasteiger partial charge < -0.3 is 10.3 Å². The van der Waals surface area contributed by atoms with Gasteiger partial charge in [0.15, 0.2) is 5.82 Å². The molecule has 2 rings (SSSR count). The van der Waals surface area contributed by atoms with Crippen LogP contribution in [-0.4, -0.2) is 16.7 Å². The molecule has 1 aromatic carbocycles. The summed E-state index contributed by atoms with van der Waals surface area (Å²) in [7, 11) is 0. The van der Waals surface area contributed by atoms with E-state index in [1.807, 2.05) is 13.8 Å². The Balaban J connectivity index is 2.28. The van der Waals surface area contributed by atoms with Gasteiger partial charge in [-0.25, -0.2) is 4.39 Å². The Labute approximate surface area is 124 Å². The van der Waals surface area contributed by atoms with Gasteiger partial charge in [-0.15, -0.1) is 0 Å². The van der Waals surface area contributed by atoms with Gasteiger partial charge in [-0.1, -0.05) is 30.6 Å². The van der Waals surface area contributed by atoms with Crippen LogP contribution in [0.1, 0.15) is 56.8 Å². The van der Waals surface area contributed by atoms with Gasteiger partial charge in [0.05, 0.1) is 11.3 Å². The lowest BCUT2D eigenvalue weighted by atomic mass is 9.84. The van der Waals surface area contributed by atoms with Crippen molar-refractivity contribution in [3.8, 4) is 0 Å². The Kier molecular flexibility index (Phi) is 4.73. The van der Waals surface area contributed by atoms with Crippen LogP contribution in [-0.2, 0) is 5.41 Å². The maximum absolute atomic E-state index is 13.1. The lowest BCUT2D eigenvalue weighted by molar-refractivity contribution is 0.339. The standard InChI is InChI=1S/C16H22FN3O/c1-4-5-11(10-18)14-19-15(20-21-14)16(2,3)12-6-8-13(17)9-7-12/h6-9,11H,4-5,10,18H2,1-3H3. The van der Waals surface area contributed by atoms with E-state index >= 15 is 0 Å². The molecule has 1 aromatic heterocycles. The van der Waals surface area contributed by atoms with Crippen molar-refractivity contribution in [1.29, 1.82) is 0 Å². The zero-order valence-corrected chi connectivity index (χ0v) is 12.8. The van der Waals surface area contributed by atoms with Gasteiger partial charge in [-0.3, -0.25) is 0 Å². The van der Waals surface area contributed by atoms with Gasteiger partial charge in [0.1, 0.15) is 5.82 Å². The van der Waals surface area contributed by atoms with Crippen LogP contribution < -0.4 is 5.73 Å². The molecule has 2 N–H and O–H groups in total. The highest BCUT2D eigenvalue weighted by molar-refractivity contribution is 5.30. The lowest BCUT2D eigenvalue weighted by Gasteiger charge is -2.20. The largest absolute Gasteiger partial charge is 0.339 e. The summed E-state index contributed by atoms with van der Waals surface area (Å²) in [6.07, 6.45) is 1.94. The van der Waals surface area contributed by atoms with Crippen LogP contribution in [0.3, 0.4) is 0 Å². The highest BCUT2D eigenvalue weighted by Crippen LogP contribution is 2.30. The number of aromatic nitrogens is 2. The number of benzene rings is 1. The van der Waals surface area contributed by atoms with Gasteiger partial charge in [0.25, 0.3) is 0 Å². The van der Waals surface area contributed by atoms with Crippen LogP contribution in [0.15, 0.2) is 28.8 Å². The highest BCUT2D eigenvalue weighted by atomic mass is 19.1. The molecular weight excluding hydrogens is 269 g/mol. The van der Waals surface area contributed by atoms with Crippen molar-refractivity contribution in [2.24, 2.45) is 5.73 Å². The van der Waals surface area contributed by atoms with Crippen LogP contribution in [0.2, 0.25) is 0 Å². The fourth-order valence-electron chi connectivity index (χ4n) is 2.34. The van der Waals surface area contributed by atoms with E-state index in [4.69, 9.17) is 10.3 Å². The Bertz CT molecular complexity index is 577. The zero-order valence-electron chi connectivity index (χ0n) is 12.8. The van der Waals surface area contributed by atoms with Gasteiger partial charge >= 0.3 is 0 Å². The SMILES string of the molecule is CCCC(CN)c1nc(C(C)(C)c2ccc(F)cc2)no1. The van der Waals surface area contributed by atoms with E-state index < -0.39 is 5.41 Å². The second-order valence-electron chi connectivity index (χ2n) is 5.81. The fourth-order valence-corrected chi connectivity index (χ4v) is 2.34. The van der Waals surface area contributed by atoms with Gasteiger partial charge in [0, 0.05) is 6.54 Å². The van der Waals surface area contributed by atoms with Crippen LogP contribution in [0.25, 0.3) is 0 Å². The first-order valence-electron chi connectivity index (χ1n) is 7.29. The maximum Gasteiger partial charge on any atom is 0.231 e. The van der Waals surface area contributed by atoms with Crippen LogP contribution >= 0.6 is 0 Å². The summed E-state index contributed by atoms with van der Waals surface area (Å²) in [5.74, 6) is 1.03. The molecule has 0 radical (unpaired) electrons. The molecule has 5 heteroatoms. The van der Waals surface area contributed by atoms with E-state index in [2.05, 4.69) is 17.1 Å². The summed E-state index contributed by atoms with van der Waals surface area (Å²) in [4.78, 5) is 4.52. The zero-order chi connectivity index (χ0) is 15.5. The number of hydrogen-bond acceptors (Lipinski definition) is 4. The normalized spacial score (nSPS) is 13.4. The van der Waals surface area contributed by atoms with E-state index in [9.17, 15) is 4.39 Å². The molecule has 0 saturated carbocycles. The van der Waals surface area contributed by atoms with Crippen molar-refractivity contribution in [2.45, 2.75) is 44.9 Å². The minimum Gasteiger partial charge on any atom is -0.339 e. The van der Waals surface area contributed by atoms with Crippen LogP contribution in [0.5, 0.6) is 0 Å². The van der Waals surface area contributed by atoms with E-state index in [0.29, 0.717) is 18.3 Å². The Morgan fingerprint density at radius 1 is 1.29 bits per heavy atom. The van der Waals surface area contributed by atoms with Crippen molar-refractivity contribution in [3.05, 3.63) is 47.4 Å². The van der Waals surface area contributed by atoms with E-state index in [-0.39, 0.29) is 11.7 Å². The molecular formula is C16H22FN3O. The van der Waals surface area contributed by atoms with Gasteiger partial charge in [-0.2, -0.15) is 4.98 Å². The molecule has 0 amide bonds. The first-order valence-corrected chi connectivity index (χ1v) is 7.29. The molecule has 0 bridgehead atoms. The minimum absolute atomic E-state index is 0.0975. The third-order valence-corrected chi connectivity index (χ3v) is 3.84. The number of hydrogen-bond donors (Lipinski definition) is 1. The predicted octanol–water partition coefficient (Wildman–Crippen LogP) is 3.38. The number of nitrogens with zero attached hydrogens (tertiary/aromatic N) is 2. The second kappa shape index (κ2) is 6.35. The monoisotopic (exact) mass is 291 g/mol. The minimum atomic E-state index is -0.444. The molecule has 0 aliphatic rings. The van der Waals surface area contributed by atoms with Crippen molar-refractivity contribution >= 4 is 0 Å². The molecule has 0 spiro atoms. The average Bonchev–Trinajstić information content (AvgIpc) is 2.95. The summed E-state index contributed by atoms with van der Waals surface area (Å²) in [5, 5.41) is 4.10. The first-order chi connectivity index (χ1) is 9.98. The third-order valence-electron chi connectivity index (χ3n) is 3.84. The molecule has 0 aliphatic carbocycles. The van der Waals surface area contributed by atoms with Crippen molar-refractivity contribution in [3.63, 3.8) is 0 Å². The number of halogens is 1. The van der Waals surface area contributed by atoms with Gasteiger partial charge in [0.2, 0.25) is 5.89 Å². The molecule has 4 nitrogen and oxygen atoms in total. The summed E-state index contributed by atoms with van der Waals surface area (Å²) in [5.41, 5.74) is 6.26. The Morgan fingerprint density at radius 2 is 1.95 bits per heavy atom. The average molecular weight is 291 g/mol. The second-order valence-corrected chi connectivity index (χ2v) is 5.81. The van der Waals surface area contributed by atoms with Gasteiger partial charge in [-0.05, 0) is 38.0 Å². The van der Waals surface area contributed by atoms with Crippen molar-refractivity contribution < 1.29 is 8.91 Å². The highest BCUT2D eigenvalue weighted by Gasteiger charge is 2.30. The van der Waals surface area contributed by atoms with Crippen molar-refractivity contribution in [1.82, 2.24) is 10.1 Å². The van der Waals surface area contributed by atoms with Crippen LogP contribution in [0, 0.1) is 5.82 Å². The predicted molar refractivity (Wildman–Crippen MR) is 79.5 cm³/mol. The lowest BCUT2D eigenvalue weighted by Crippen LogP contribution is -2.21. The molecule has 0 saturated heterocycles. The molecule has 21 heavy (non-hydrogen) atoms. The summed E-state index contributed by atoms with van der Waals surface area (Å²) >= 11 is 0. The van der Waals surface area contributed by atoms with E-state index in [1.165, 1.54) is 12.1 Å². The Morgan fingerprint density at radius 3 is 2.52 bits per heavy atom. The topological polar surface area (TPSA) is 64.9 Å². The summed E-state index contributed by atoms with van der Waals surface area (Å²) < 4.78 is 18.4. The summed E-state index contributed by atoms with van der Waals surface area (Å²) in [6, 6.07) is 6.38. The molecule has 0 fully saturated rings. The molecule has 0 aliphatic heterocycles. The molecule has 1 heterocycles. The van der Waals surface area contributed by atoms with E-state index in [1.54, 1.807) is 12.1 Å². The van der Waals surface area contributed by atoms with Crippen molar-refractivity contribution in [2.75, 3.05) is 6.54 Å². The fraction of sp³-hybridized carbons (Fsp3) is 0.500. The number of nitrogens with two attached hydrogens (primary N) is 1. The number of rotatable bonds is 6. The van der Waals surface area contributed by atoms with E-state index in [0.717, 1.165) is 18.4 Å². The maximum atomic E-state index is 13.1. The Hall–Kier alpha value is -1.75. The quantitative estimate of drug-likeness (QED) is 0.886. The molecule has 2 aromatic rings. The smallest absolute Gasteiger partial charge is 0.231 e. The summed E-state index contributed by atoms with van der Waals surface area (Å²) in [6.45, 7) is 6.58. The molecule has 114 valence electrons. The third kappa shape index (κ3) is 3.29. The van der Waals surface area contributed by atoms with Crippen LogP contribution in [0.4, 0.5) is 4.39 Å². The first kappa shape index (κ1) is 15.6. The molecule has 1 atom stereocenters. The molecule has 1 unspecified atom stereocenters.